The van der Waals surface area contributed by atoms with E-state index in [1.54, 1.807) is 25.1 Å². The van der Waals surface area contributed by atoms with Crippen LogP contribution in [0.2, 0.25) is 5.02 Å². The van der Waals surface area contributed by atoms with Gasteiger partial charge in [-0.3, -0.25) is 9.59 Å². The number of rotatable bonds is 7. The molecule has 1 atom stereocenters. The van der Waals surface area contributed by atoms with Gasteiger partial charge in [0.05, 0.1) is 35.9 Å². The SMILES string of the molecule is COc1cc(OC)c(NC(=O)[C@H](C)Sc2ccc(=O)n(-c3ccc(C)c(C)c3)n2)cc1Cl. The Balaban J connectivity index is 1.79. The maximum absolute atomic E-state index is 12.8. The third-order valence-corrected chi connectivity index (χ3v) is 6.23. The van der Waals surface area contributed by atoms with Crippen molar-refractivity contribution in [3.8, 4) is 17.2 Å². The molecule has 7 nitrogen and oxygen atoms in total. The van der Waals surface area contributed by atoms with E-state index in [0.29, 0.717) is 32.9 Å². The van der Waals surface area contributed by atoms with E-state index in [1.807, 2.05) is 32.0 Å². The topological polar surface area (TPSA) is 82.5 Å². The maximum atomic E-state index is 12.8. The Bertz CT molecular complexity index is 1210. The molecule has 168 valence electrons. The highest BCUT2D eigenvalue weighted by atomic mass is 35.5. The lowest BCUT2D eigenvalue weighted by atomic mass is 10.1. The first-order valence-electron chi connectivity index (χ1n) is 9.80. The number of nitrogens with zero attached hydrogens (tertiary/aromatic N) is 2. The molecule has 0 spiro atoms. The molecule has 32 heavy (non-hydrogen) atoms. The fourth-order valence-corrected chi connectivity index (χ4v) is 3.97. The molecule has 0 saturated carbocycles. The van der Waals surface area contributed by atoms with E-state index in [0.717, 1.165) is 11.1 Å². The summed E-state index contributed by atoms with van der Waals surface area (Å²) in [5.74, 6) is 0.611. The van der Waals surface area contributed by atoms with E-state index < -0.39 is 5.25 Å². The predicted molar refractivity (Wildman–Crippen MR) is 128 cm³/mol. The number of carbonyl (C=O) groups excluding carboxylic acids is 1. The van der Waals surface area contributed by atoms with Crippen LogP contribution in [0, 0.1) is 13.8 Å². The standard InChI is InChI=1S/C23H24ClN3O4S/c1-13-6-7-16(10-14(13)2)27-22(28)9-8-21(26-27)32-15(3)23(29)25-18-11-17(24)19(30-4)12-20(18)31-5/h6-12,15H,1-5H3,(H,25,29)/t15-/m0/s1. The maximum Gasteiger partial charge on any atom is 0.271 e. The summed E-state index contributed by atoms with van der Waals surface area (Å²) in [6.45, 7) is 5.74. The normalized spacial score (nSPS) is 11.7. The minimum absolute atomic E-state index is 0.243. The zero-order valence-corrected chi connectivity index (χ0v) is 20.0. The first-order chi connectivity index (χ1) is 15.2. The number of nitrogens with one attached hydrogen (secondary N) is 1. The van der Waals surface area contributed by atoms with E-state index in [1.165, 1.54) is 36.7 Å². The second kappa shape index (κ2) is 10.1. The Labute approximate surface area is 195 Å². The van der Waals surface area contributed by atoms with Crippen LogP contribution < -0.4 is 20.3 Å². The molecule has 0 bridgehead atoms. The lowest BCUT2D eigenvalue weighted by Gasteiger charge is -2.16. The van der Waals surface area contributed by atoms with Crippen LogP contribution in [-0.4, -0.2) is 35.2 Å². The molecule has 9 heteroatoms. The Kier molecular flexibility index (Phi) is 7.48. The largest absolute Gasteiger partial charge is 0.495 e. The molecule has 1 N–H and O–H groups in total. The molecule has 1 heterocycles. The quantitative estimate of drug-likeness (QED) is 0.503. The smallest absolute Gasteiger partial charge is 0.271 e. The van der Waals surface area contributed by atoms with Crippen LogP contribution in [0.3, 0.4) is 0 Å². The molecule has 0 aliphatic rings. The van der Waals surface area contributed by atoms with Crippen LogP contribution in [0.1, 0.15) is 18.1 Å². The Morgan fingerprint density at radius 3 is 2.44 bits per heavy atom. The van der Waals surface area contributed by atoms with Crippen molar-refractivity contribution >= 4 is 35.0 Å². The molecule has 2 aromatic carbocycles. The van der Waals surface area contributed by atoms with Crippen molar-refractivity contribution in [2.75, 3.05) is 19.5 Å². The van der Waals surface area contributed by atoms with Crippen LogP contribution in [-0.2, 0) is 4.79 Å². The van der Waals surface area contributed by atoms with Crippen molar-refractivity contribution in [3.63, 3.8) is 0 Å². The molecular formula is C23H24ClN3O4S. The second-order valence-electron chi connectivity index (χ2n) is 7.13. The molecule has 0 radical (unpaired) electrons. The Morgan fingerprint density at radius 2 is 1.78 bits per heavy atom. The highest BCUT2D eigenvalue weighted by Gasteiger charge is 2.19. The first kappa shape index (κ1) is 23.7. The van der Waals surface area contributed by atoms with E-state index in [4.69, 9.17) is 21.1 Å². The molecule has 3 rings (SSSR count). The third kappa shape index (κ3) is 5.26. The predicted octanol–water partition coefficient (Wildman–Crippen LogP) is 4.64. The summed E-state index contributed by atoms with van der Waals surface area (Å²) in [5.41, 5.74) is 3.06. The molecule has 3 aromatic rings. The van der Waals surface area contributed by atoms with Gasteiger partial charge in [0.25, 0.3) is 5.56 Å². The summed E-state index contributed by atoms with van der Waals surface area (Å²) < 4.78 is 11.8. The van der Waals surface area contributed by atoms with Gasteiger partial charge in [0.1, 0.15) is 16.5 Å². The summed E-state index contributed by atoms with van der Waals surface area (Å²) in [5, 5.41) is 7.66. The minimum Gasteiger partial charge on any atom is -0.495 e. The number of aromatic nitrogens is 2. The molecule has 0 aliphatic carbocycles. The van der Waals surface area contributed by atoms with Gasteiger partial charge in [-0.1, -0.05) is 29.4 Å². The van der Waals surface area contributed by atoms with E-state index >= 15 is 0 Å². The van der Waals surface area contributed by atoms with Crippen molar-refractivity contribution in [2.24, 2.45) is 0 Å². The average molecular weight is 474 g/mol. The number of amides is 1. The molecular weight excluding hydrogens is 450 g/mol. The van der Waals surface area contributed by atoms with Gasteiger partial charge >= 0.3 is 0 Å². The van der Waals surface area contributed by atoms with Gasteiger partial charge in [-0.15, -0.1) is 0 Å². The minimum atomic E-state index is -0.501. The number of carbonyl (C=O) groups is 1. The number of thioether (sulfide) groups is 1. The number of halogens is 1. The van der Waals surface area contributed by atoms with Crippen molar-refractivity contribution in [1.29, 1.82) is 0 Å². The van der Waals surface area contributed by atoms with Crippen LogP contribution in [0.5, 0.6) is 11.5 Å². The zero-order chi connectivity index (χ0) is 23.4. The summed E-state index contributed by atoms with van der Waals surface area (Å²) in [6, 6.07) is 11.9. The van der Waals surface area contributed by atoms with Gasteiger partial charge < -0.3 is 14.8 Å². The van der Waals surface area contributed by atoms with Gasteiger partial charge in [0.2, 0.25) is 5.91 Å². The molecule has 0 saturated heterocycles. The Morgan fingerprint density at radius 1 is 1.06 bits per heavy atom. The summed E-state index contributed by atoms with van der Waals surface area (Å²) in [6.07, 6.45) is 0. The number of hydrogen-bond donors (Lipinski definition) is 1. The molecule has 1 aromatic heterocycles. The number of hydrogen-bond acceptors (Lipinski definition) is 6. The lowest BCUT2D eigenvalue weighted by Crippen LogP contribution is -2.24. The zero-order valence-electron chi connectivity index (χ0n) is 18.4. The van der Waals surface area contributed by atoms with Gasteiger partial charge in [0, 0.05) is 12.1 Å². The summed E-state index contributed by atoms with van der Waals surface area (Å²) in [7, 11) is 3.00. The van der Waals surface area contributed by atoms with E-state index in [2.05, 4.69) is 10.4 Å². The first-order valence-corrected chi connectivity index (χ1v) is 11.1. The monoisotopic (exact) mass is 473 g/mol. The van der Waals surface area contributed by atoms with Gasteiger partial charge in [-0.25, -0.2) is 0 Å². The van der Waals surface area contributed by atoms with Gasteiger partial charge in [-0.05, 0) is 56.2 Å². The summed E-state index contributed by atoms with van der Waals surface area (Å²) in [4.78, 5) is 25.2. The van der Waals surface area contributed by atoms with Crippen molar-refractivity contribution in [2.45, 2.75) is 31.0 Å². The number of ether oxygens (including phenoxy) is 2. The average Bonchev–Trinajstić information content (AvgIpc) is 2.77. The number of aryl methyl sites for hydroxylation is 2. The molecule has 0 fully saturated rings. The molecule has 1 amide bonds. The fraction of sp³-hybridized carbons (Fsp3) is 0.261. The lowest BCUT2D eigenvalue weighted by molar-refractivity contribution is -0.115. The van der Waals surface area contributed by atoms with Crippen LogP contribution in [0.25, 0.3) is 5.69 Å². The van der Waals surface area contributed by atoms with Crippen LogP contribution >= 0.6 is 23.4 Å². The fourth-order valence-electron chi connectivity index (χ4n) is 2.93. The molecule has 0 unspecified atom stereocenters. The van der Waals surface area contributed by atoms with Gasteiger partial charge in [0.15, 0.2) is 0 Å². The highest BCUT2D eigenvalue weighted by molar-refractivity contribution is 8.00. The second-order valence-corrected chi connectivity index (χ2v) is 8.89. The third-order valence-electron chi connectivity index (χ3n) is 4.91. The van der Waals surface area contributed by atoms with Crippen molar-refractivity contribution < 1.29 is 14.3 Å². The van der Waals surface area contributed by atoms with E-state index in [-0.39, 0.29) is 11.5 Å². The molecule has 0 aliphatic heterocycles. The highest BCUT2D eigenvalue weighted by Crippen LogP contribution is 2.36. The van der Waals surface area contributed by atoms with Crippen molar-refractivity contribution in [3.05, 3.63) is 69.0 Å². The van der Waals surface area contributed by atoms with Crippen LogP contribution in [0.15, 0.2) is 52.3 Å². The summed E-state index contributed by atoms with van der Waals surface area (Å²) >= 11 is 7.42. The number of anilines is 1. The van der Waals surface area contributed by atoms with Crippen LogP contribution in [0.4, 0.5) is 5.69 Å². The number of benzene rings is 2. The van der Waals surface area contributed by atoms with Gasteiger partial charge in [-0.2, -0.15) is 9.78 Å². The van der Waals surface area contributed by atoms with Crippen molar-refractivity contribution in [1.82, 2.24) is 9.78 Å². The van der Waals surface area contributed by atoms with E-state index in [9.17, 15) is 9.59 Å². The number of methoxy groups -OCH3 is 2. The Hall–Kier alpha value is -2.97.